The van der Waals surface area contributed by atoms with Gasteiger partial charge in [0, 0.05) is 26.5 Å². The van der Waals surface area contributed by atoms with E-state index in [0.29, 0.717) is 0 Å². The number of aromatic nitrogens is 1. The predicted octanol–water partition coefficient (Wildman–Crippen LogP) is 1.38. The number of hydrogen-bond donors (Lipinski definition) is 1. The van der Waals surface area contributed by atoms with Gasteiger partial charge >= 0.3 is 0 Å². The molecule has 0 aromatic carbocycles. The molecule has 9 heavy (non-hydrogen) atoms. The van der Waals surface area contributed by atoms with Crippen LogP contribution in [-0.4, -0.2) is 11.6 Å². The summed E-state index contributed by atoms with van der Waals surface area (Å²) in [6.45, 7) is 2.09. The average Bonchev–Trinajstić information content (AvgIpc) is 2.10. The second-order valence-corrected chi connectivity index (χ2v) is 2.27. The van der Waals surface area contributed by atoms with Gasteiger partial charge in [-0.25, -0.2) is 0 Å². The van der Waals surface area contributed by atoms with Crippen molar-refractivity contribution in [1.82, 2.24) is 4.57 Å². The molecule has 1 aromatic heterocycles. The van der Waals surface area contributed by atoms with Crippen LogP contribution < -0.4 is 5.32 Å². The van der Waals surface area contributed by atoms with Crippen molar-refractivity contribution in [3.05, 3.63) is 18.0 Å². The summed E-state index contributed by atoms with van der Waals surface area (Å²) in [4.78, 5) is 0. The number of nitrogens with zero attached hydrogens (tertiary/aromatic N) is 1. The van der Waals surface area contributed by atoms with Crippen LogP contribution in [0.1, 0.15) is 5.56 Å². The minimum atomic E-state index is 1.21. The van der Waals surface area contributed by atoms with E-state index in [2.05, 4.69) is 24.6 Å². The van der Waals surface area contributed by atoms with E-state index in [1.54, 1.807) is 0 Å². The molecule has 1 N–H and O–H groups in total. The maximum atomic E-state index is 3.10. The van der Waals surface area contributed by atoms with Crippen LogP contribution in [0.15, 0.2) is 12.4 Å². The molecule has 0 aliphatic rings. The van der Waals surface area contributed by atoms with Crippen LogP contribution >= 0.6 is 0 Å². The summed E-state index contributed by atoms with van der Waals surface area (Å²) in [5.74, 6) is 0. The lowest BCUT2D eigenvalue weighted by molar-refractivity contribution is 0.925. The molecular formula is C7H12N2. The number of aryl methyl sites for hydroxylation is 2. The van der Waals surface area contributed by atoms with Crippen molar-refractivity contribution >= 4 is 5.69 Å². The van der Waals surface area contributed by atoms with Crippen molar-refractivity contribution in [3.63, 3.8) is 0 Å². The molecule has 0 atom stereocenters. The monoisotopic (exact) mass is 124 g/mol. The second-order valence-electron chi connectivity index (χ2n) is 2.27. The normalized spacial score (nSPS) is 9.67. The number of nitrogens with one attached hydrogen (secondary N) is 1. The summed E-state index contributed by atoms with van der Waals surface area (Å²) in [6.07, 6.45) is 4.15. The van der Waals surface area contributed by atoms with Crippen LogP contribution in [0.3, 0.4) is 0 Å². The molecule has 50 valence electrons. The van der Waals surface area contributed by atoms with Crippen molar-refractivity contribution in [2.45, 2.75) is 6.92 Å². The van der Waals surface area contributed by atoms with Crippen LogP contribution in [0.4, 0.5) is 5.69 Å². The van der Waals surface area contributed by atoms with Gasteiger partial charge in [0.15, 0.2) is 0 Å². The van der Waals surface area contributed by atoms with E-state index < -0.39 is 0 Å². The second kappa shape index (κ2) is 2.13. The third-order valence-electron chi connectivity index (χ3n) is 1.42. The summed E-state index contributed by atoms with van der Waals surface area (Å²) >= 11 is 0. The molecule has 2 heteroatoms. The lowest BCUT2D eigenvalue weighted by Gasteiger charge is -1.93. The van der Waals surface area contributed by atoms with E-state index in [9.17, 15) is 0 Å². The van der Waals surface area contributed by atoms with Crippen LogP contribution in [0.5, 0.6) is 0 Å². The summed E-state index contributed by atoms with van der Waals surface area (Å²) in [7, 11) is 3.95. The Labute approximate surface area is 55.5 Å². The van der Waals surface area contributed by atoms with Crippen LogP contribution in [-0.2, 0) is 7.05 Å². The first-order chi connectivity index (χ1) is 4.24. The third-order valence-corrected chi connectivity index (χ3v) is 1.42. The summed E-state index contributed by atoms with van der Waals surface area (Å²) in [5.41, 5.74) is 2.50. The molecule has 0 aliphatic heterocycles. The molecule has 2 nitrogen and oxygen atoms in total. The molecule has 0 spiro atoms. The molecule has 0 unspecified atom stereocenters. The van der Waals surface area contributed by atoms with Crippen molar-refractivity contribution in [3.8, 4) is 0 Å². The van der Waals surface area contributed by atoms with E-state index in [0.717, 1.165) is 0 Å². The Kier molecular flexibility index (Phi) is 1.47. The zero-order valence-corrected chi connectivity index (χ0v) is 6.10. The van der Waals surface area contributed by atoms with Crippen molar-refractivity contribution < 1.29 is 0 Å². The molecule has 1 heterocycles. The molecule has 0 saturated carbocycles. The number of hydrogen-bond acceptors (Lipinski definition) is 1. The fourth-order valence-electron chi connectivity index (χ4n) is 0.979. The van der Waals surface area contributed by atoms with Gasteiger partial charge in [0.05, 0.1) is 5.69 Å². The van der Waals surface area contributed by atoms with Crippen LogP contribution in [0.2, 0.25) is 0 Å². The zero-order chi connectivity index (χ0) is 6.85. The highest BCUT2D eigenvalue weighted by molar-refractivity contribution is 5.48. The topological polar surface area (TPSA) is 17.0 Å². The van der Waals surface area contributed by atoms with Gasteiger partial charge < -0.3 is 9.88 Å². The van der Waals surface area contributed by atoms with Crippen molar-refractivity contribution in [2.24, 2.45) is 7.05 Å². The Morgan fingerprint density at radius 3 is 2.33 bits per heavy atom. The number of anilines is 1. The van der Waals surface area contributed by atoms with E-state index in [1.807, 2.05) is 18.7 Å². The molecule has 0 saturated heterocycles. The summed E-state index contributed by atoms with van der Waals surface area (Å²) in [6, 6.07) is 0. The highest BCUT2D eigenvalue weighted by atomic mass is 15.0. The maximum absolute atomic E-state index is 3.10. The molecule has 0 aliphatic carbocycles. The largest absolute Gasteiger partial charge is 0.387 e. The molecule has 1 rings (SSSR count). The standard InChI is InChI=1S/C7H12N2/c1-6-4-9(3)5-7(6)8-2/h4-5,8H,1-3H3. The first kappa shape index (κ1) is 6.20. The van der Waals surface area contributed by atoms with E-state index in [1.165, 1.54) is 11.3 Å². The van der Waals surface area contributed by atoms with E-state index in [-0.39, 0.29) is 0 Å². The fourth-order valence-corrected chi connectivity index (χ4v) is 0.979. The quantitative estimate of drug-likeness (QED) is 0.598. The average molecular weight is 124 g/mol. The third kappa shape index (κ3) is 1.07. The Morgan fingerprint density at radius 2 is 2.11 bits per heavy atom. The minimum absolute atomic E-state index is 1.21. The van der Waals surface area contributed by atoms with Gasteiger partial charge in [-0.05, 0) is 12.5 Å². The maximum Gasteiger partial charge on any atom is 0.0546 e. The Balaban J connectivity index is 3.01. The van der Waals surface area contributed by atoms with Gasteiger partial charge in [-0.2, -0.15) is 0 Å². The molecule has 0 fully saturated rings. The van der Waals surface area contributed by atoms with Gasteiger partial charge in [-0.1, -0.05) is 0 Å². The van der Waals surface area contributed by atoms with E-state index >= 15 is 0 Å². The van der Waals surface area contributed by atoms with E-state index in [4.69, 9.17) is 0 Å². The summed E-state index contributed by atoms with van der Waals surface area (Å²) < 4.78 is 2.04. The van der Waals surface area contributed by atoms with Gasteiger partial charge in [0.2, 0.25) is 0 Å². The molecule has 0 amide bonds. The first-order valence-corrected chi connectivity index (χ1v) is 3.04. The SMILES string of the molecule is CNc1cn(C)cc1C. The fraction of sp³-hybridized carbons (Fsp3) is 0.429. The lowest BCUT2D eigenvalue weighted by atomic mass is 10.3. The Bertz CT molecular complexity index is 201. The molecule has 1 aromatic rings. The molecule has 0 radical (unpaired) electrons. The first-order valence-electron chi connectivity index (χ1n) is 3.04. The van der Waals surface area contributed by atoms with Crippen LogP contribution in [0.25, 0.3) is 0 Å². The Morgan fingerprint density at radius 1 is 1.44 bits per heavy atom. The van der Waals surface area contributed by atoms with Crippen LogP contribution in [0, 0.1) is 6.92 Å². The van der Waals surface area contributed by atoms with Gasteiger partial charge in [0.1, 0.15) is 0 Å². The lowest BCUT2D eigenvalue weighted by Crippen LogP contribution is -1.86. The molecular weight excluding hydrogens is 112 g/mol. The minimum Gasteiger partial charge on any atom is -0.387 e. The number of rotatable bonds is 1. The van der Waals surface area contributed by atoms with Crippen molar-refractivity contribution in [2.75, 3.05) is 12.4 Å². The zero-order valence-electron chi connectivity index (χ0n) is 6.10. The Hall–Kier alpha value is -0.920. The van der Waals surface area contributed by atoms with Crippen molar-refractivity contribution in [1.29, 1.82) is 0 Å². The van der Waals surface area contributed by atoms with Gasteiger partial charge in [-0.15, -0.1) is 0 Å². The smallest absolute Gasteiger partial charge is 0.0546 e. The molecule has 0 bridgehead atoms. The predicted molar refractivity (Wildman–Crippen MR) is 39.7 cm³/mol. The van der Waals surface area contributed by atoms with Gasteiger partial charge in [-0.3, -0.25) is 0 Å². The summed E-state index contributed by atoms with van der Waals surface area (Å²) in [5, 5.41) is 3.10. The van der Waals surface area contributed by atoms with Gasteiger partial charge in [0.25, 0.3) is 0 Å². The highest BCUT2D eigenvalue weighted by Crippen LogP contribution is 2.12. The highest BCUT2D eigenvalue weighted by Gasteiger charge is 1.94.